The van der Waals surface area contributed by atoms with Crippen LogP contribution in [0.1, 0.15) is 22.5 Å². The molecule has 14 heavy (non-hydrogen) atoms. The summed E-state index contributed by atoms with van der Waals surface area (Å²) in [5, 5.41) is 2.52. The minimum Gasteiger partial charge on any atom is -0.261 e. The molecule has 0 spiro atoms. The summed E-state index contributed by atoms with van der Waals surface area (Å²) in [6.45, 7) is 8.27. The van der Waals surface area contributed by atoms with Gasteiger partial charge in [0.15, 0.2) is 0 Å². The van der Waals surface area contributed by atoms with Crippen LogP contribution >= 0.6 is 0 Å². The third kappa shape index (κ3) is 1.18. The molecule has 2 rings (SSSR count). The molecule has 2 nitrogen and oxygen atoms in total. The Morgan fingerprint density at radius 1 is 0.714 bits per heavy atom. The van der Waals surface area contributed by atoms with Gasteiger partial charge in [0.05, 0.1) is 0 Å². The van der Waals surface area contributed by atoms with E-state index in [2.05, 4.69) is 23.8 Å². The lowest BCUT2D eigenvalue weighted by Gasteiger charge is -2.09. The van der Waals surface area contributed by atoms with E-state index in [0.717, 1.165) is 11.4 Å². The molecule has 0 unspecified atom stereocenters. The molecular weight excluding hydrogens is 172 g/mol. The van der Waals surface area contributed by atoms with Crippen molar-refractivity contribution < 1.29 is 0 Å². The van der Waals surface area contributed by atoms with Gasteiger partial charge in [-0.15, -0.1) is 0 Å². The third-order valence-electron chi connectivity index (χ3n) is 2.67. The molecule has 0 aromatic carbocycles. The summed E-state index contributed by atoms with van der Waals surface area (Å²) in [5.74, 6) is 0. The Balaban J connectivity index is 3.05. The fourth-order valence-corrected chi connectivity index (χ4v) is 1.97. The van der Waals surface area contributed by atoms with Crippen LogP contribution in [-0.4, -0.2) is 9.97 Å². The smallest absolute Gasteiger partial charge is 0.0455 e. The second kappa shape index (κ2) is 3.05. The van der Waals surface area contributed by atoms with E-state index in [1.54, 1.807) is 0 Å². The average molecular weight is 186 g/mol. The molecule has 72 valence electrons. The summed E-state index contributed by atoms with van der Waals surface area (Å²) in [5.41, 5.74) is 4.60. The Kier molecular flexibility index (Phi) is 1.99. The van der Waals surface area contributed by atoms with Crippen molar-refractivity contribution >= 4 is 10.8 Å². The van der Waals surface area contributed by atoms with Gasteiger partial charge in [0.25, 0.3) is 0 Å². The predicted octanol–water partition coefficient (Wildman–Crippen LogP) is 2.86. The highest BCUT2D eigenvalue weighted by Crippen LogP contribution is 2.24. The first-order valence-corrected chi connectivity index (χ1v) is 4.79. The Hall–Kier alpha value is -1.44. The maximum Gasteiger partial charge on any atom is 0.0455 e. The summed E-state index contributed by atoms with van der Waals surface area (Å²) < 4.78 is 0. The molecule has 0 aliphatic carbocycles. The van der Waals surface area contributed by atoms with Gasteiger partial charge in [-0.05, 0) is 38.8 Å². The van der Waals surface area contributed by atoms with Crippen LogP contribution in [0.5, 0.6) is 0 Å². The van der Waals surface area contributed by atoms with Crippen LogP contribution in [0.15, 0.2) is 12.4 Å². The van der Waals surface area contributed by atoms with E-state index in [0.29, 0.717) is 0 Å². The number of pyridine rings is 2. The van der Waals surface area contributed by atoms with Crippen LogP contribution in [-0.2, 0) is 0 Å². The normalized spacial score (nSPS) is 10.9. The van der Waals surface area contributed by atoms with Crippen molar-refractivity contribution in [1.82, 2.24) is 9.97 Å². The molecule has 0 saturated heterocycles. The SMILES string of the molecule is Cc1cnc(C)c2c(C)cnc(C)c12. The van der Waals surface area contributed by atoms with E-state index in [-0.39, 0.29) is 0 Å². The number of fused-ring (bicyclic) bond motifs is 1. The van der Waals surface area contributed by atoms with Crippen molar-refractivity contribution in [2.24, 2.45) is 0 Å². The number of hydrogen-bond donors (Lipinski definition) is 0. The molecule has 0 N–H and O–H groups in total. The molecule has 0 amide bonds. The van der Waals surface area contributed by atoms with Gasteiger partial charge < -0.3 is 0 Å². The molecule has 0 radical (unpaired) electrons. The van der Waals surface area contributed by atoms with Gasteiger partial charge in [-0.1, -0.05) is 0 Å². The van der Waals surface area contributed by atoms with Crippen molar-refractivity contribution in [2.45, 2.75) is 27.7 Å². The van der Waals surface area contributed by atoms with Crippen LogP contribution in [0.3, 0.4) is 0 Å². The number of hydrogen-bond acceptors (Lipinski definition) is 2. The Morgan fingerprint density at radius 2 is 1.07 bits per heavy atom. The van der Waals surface area contributed by atoms with Crippen molar-refractivity contribution in [3.05, 3.63) is 34.9 Å². The van der Waals surface area contributed by atoms with Crippen LogP contribution in [0.2, 0.25) is 0 Å². The van der Waals surface area contributed by atoms with E-state index in [4.69, 9.17) is 0 Å². The number of rotatable bonds is 0. The van der Waals surface area contributed by atoms with Gasteiger partial charge in [0.1, 0.15) is 0 Å². The average Bonchev–Trinajstić information content (AvgIpc) is 2.16. The van der Waals surface area contributed by atoms with Gasteiger partial charge in [-0.2, -0.15) is 0 Å². The lowest BCUT2D eigenvalue weighted by molar-refractivity contribution is 1.15. The van der Waals surface area contributed by atoms with Crippen LogP contribution in [0.4, 0.5) is 0 Å². The molecule has 2 heteroatoms. The lowest BCUT2D eigenvalue weighted by Crippen LogP contribution is -1.94. The fourth-order valence-electron chi connectivity index (χ4n) is 1.97. The minimum atomic E-state index is 1.09. The first-order chi connectivity index (χ1) is 6.61. The first-order valence-electron chi connectivity index (χ1n) is 4.79. The summed E-state index contributed by atoms with van der Waals surface area (Å²) in [6, 6.07) is 0. The van der Waals surface area contributed by atoms with Gasteiger partial charge in [0, 0.05) is 34.6 Å². The summed E-state index contributed by atoms with van der Waals surface area (Å²) in [6.07, 6.45) is 3.84. The van der Waals surface area contributed by atoms with E-state index in [1.165, 1.54) is 21.9 Å². The quantitative estimate of drug-likeness (QED) is 0.632. The molecule has 0 atom stereocenters. The maximum absolute atomic E-state index is 4.38. The topological polar surface area (TPSA) is 25.8 Å². The maximum atomic E-state index is 4.38. The third-order valence-corrected chi connectivity index (χ3v) is 2.67. The van der Waals surface area contributed by atoms with E-state index in [1.807, 2.05) is 26.2 Å². The predicted molar refractivity (Wildman–Crippen MR) is 58.5 cm³/mol. The zero-order valence-electron chi connectivity index (χ0n) is 9.05. The second-order valence-corrected chi connectivity index (χ2v) is 3.80. The zero-order valence-corrected chi connectivity index (χ0v) is 9.05. The van der Waals surface area contributed by atoms with Crippen molar-refractivity contribution in [3.63, 3.8) is 0 Å². The van der Waals surface area contributed by atoms with Crippen molar-refractivity contribution in [3.8, 4) is 0 Å². The monoisotopic (exact) mass is 186 g/mol. The highest BCUT2D eigenvalue weighted by atomic mass is 14.7. The van der Waals surface area contributed by atoms with E-state index >= 15 is 0 Å². The van der Waals surface area contributed by atoms with Gasteiger partial charge in [-0.3, -0.25) is 9.97 Å². The summed E-state index contributed by atoms with van der Waals surface area (Å²) in [4.78, 5) is 8.76. The number of aryl methyl sites for hydroxylation is 4. The highest BCUT2D eigenvalue weighted by Gasteiger charge is 2.07. The van der Waals surface area contributed by atoms with Crippen molar-refractivity contribution in [2.75, 3.05) is 0 Å². The molecule has 2 aromatic rings. The van der Waals surface area contributed by atoms with Gasteiger partial charge >= 0.3 is 0 Å². The molecule has 0 aliphatic rings. The van der Waals surface area contributed by atoms with Gasteiger partial charge in [-0.25, -0.2) is 0 Å². The zero-order chi connectivity index (χ0) is 10.3. The number of aromatic nitrogens is 2. The van der Waals surface area contributed by atoms with Crippen molar-refractivity contribution in [1.29, 1.82) is 0 Å². The summed E-state index contributed by atoms with van der Waals surface area (Å²) in [7, 11) is 0. The molecule has 2 heterocycles. The lowest BCUT2D eigenvalue weighted by atomic mass is 10.0. The first kappa shape index (κ1) is 9.13. The van der Waals surface area contributed by atoms with Crippen LogP contribution in [0, 0.1) is 27.7 Å². The fraction of sp³-hybridized carbons (Fsp3) is 0.333. The van der Waals surface area contributed by atoms with Crippen LogP contribution < -0.4 is 0 Å². The molecule has 2 aromatic heterocycles. The second-order valence-electron chi connectivity index (χ2n) is 3.80. The van der Waals surface area contributed by atoms with Crippen LogP contribution in [0.25, 0.3) is 10.8 Å². The molecular formula is C12H14N2. The minimum absolute atomic E-state index is 1.09. The van der Waals surface area contributed by atoms with Gasteiger partial charge in [0.2, 0.25) is 0 Å². The standard InChI is InChI=1S/C12H14N2/c1-7-5-13-10(4)12-8(2)6-14-9(3)11(7)12/h5-6H,1-4H3. The molecule has 0 aliphatic heterocycles. The Bertz CT molecular complexity index is 412. The van der Waals surface area contributed by atoms with E-state index in [9.17, 15) is 0 Å². The summed E-state index contributed by atoms with van der Waals surface area (Å²) >= 11 is 0. The molecule has 0 bridgehead atoms. The molecule has 0 saturated carbocycles. The van der Waals surface area contributed by atoms with E-state index < -0.39 is 0 Å². The highest BCUT2D eigenvalue weighted by molar-refractivity contribution is 5.91. The largest absolute Gasteiger partial charge is 0.261 e. The Labute approximate surface area is 84.0 Å². The Morgan fingerprint density at radius 3 is 1.43 bits per heavy atom. The molecule has 0 fully saturated rings. The number of nitrogens with zero attached hydrogens (tertiary/aromatic N) is 2.